The number of hydrogen-bond acceptors (Lipinski definition) is 5. The first-order valence-electron chi connectivity index (χ1n) is 10.4. The number of amides is 1. The van der Waals surface area contributed by atoms with Gasteiger partial charge in [0, 0.05) is 16.8 Å². The molecule has 0 saturated carbocycles. The topological polar surface area (TPSA) is 88.4 Å². The van der Waals surface area contributed by atoms with Gasteiger partial charge >= 0.3 is 5.97 Å². The predicted molar refractivity (Wildman–Crippen MR) is 120 cm³/mol. The lowest BCUT2D eigenvalue weighted by molar-refractivity contribution is -0.139. The summed E-state index contributed by atoms with van der Waals surface area (Å²) in [6, 6.07) is 15.8. The van der Waals surface area contributed by atoms with E-state index in [1.807, 2.05) is 6.07 Å². The van der Waals surface area contributed by atoms with Crippen LogP contribution in [0.1, 0.15) is 54.9 Å². The summed E-state index contributed by atoms with van der Waals surface area (Å²) in [5.74, 6) is 0.179. The minimum absolute atomic E-state index is 0.217. The van der Waals surface area contributed by atoms with Crippen molar-refractivity contribution in [2.45, 2.75) is 39.0 Å². The van der Waals surface area contributed by atoms with Gasteiger partial charge in [0.05, 0.1) is 24.8 Å². The number of carbonyl (C=O) groups is 2. The van der Waals surface area contributed by atoms with Crippen molar-refractivity contribution in [1.29, 1.82) is 5.26 Å². The lowest BCUT2D eigenvalue weighted by atomic mass is 10.1. The van der Waals surface area contributed by atoms with E-state index in [9.17, 15) is 9.59 Å². The number of unbranched alkanes of at least 4 members (excludes halogenated alkanes) is 4. The molecule has 2 aromatic carbocycles. The molecule has 0 saturated heterocycles. The molecular formula is C25H28N2O4. The van der Waals surface area contributed by atoms with Gasteiger partial charge in [-0.1, -0.05) is 25.8 Å². The molecule has 6 heteroatoms. The number of benzene rings is 2. The standard InChI is InChI=1S/C25H28N2O4/c1-19(2)25(29)31-17-7-5-3-4-6-16-30-23-14-10-21(11-15-23)24(28)27-22-12-8-20(18-26)9-13-22/h8-15H,1,3-7,16-17H2,2H3,(H,27,28). The normalized spacial score (nSPS) is 10.1. The molecule has 0 radical (unpaired) electrons. The van der Waals surface area contributed by atoms with Crippen LogP contribution < -0.4 is 10.1 Å². The molecule has 0 bridgehead atoms. The van der Waals surface area contributed by atoms with E-state index < -0.39 is 0 Å². The van der Waals surface area contributed by atoms with Crippen LogP contribution in [0.15, 0.2) is 60.7 Å². The van der Waals surface area contributed by atoms with Gasteiger partial charge in [-0.2, -0.15) is 5.26 Å². The third-order valence-corrected chi connectivity index (χ3v) is 4.53. The van der Waals surface area contributed by atoms with Gasteiger partial charge in [0.2, 0.25) is 0 Å². The Bertz CT molecular complexity index is 912. The zero-order valence-corrected chi connectivity index (χ0v) is 17.9. The summed E-state index contributed by atoms with van der Waals surface area (Å²) in [4.78, 5) is 23.6. The summed E-state index contributed by atoms with van der Waals surface area (Å²) in [6.07, 6.45) is 4.90. The van der Waals surface area contributed by atoms with Crippen molar-refractivity contribution < 1.29 is 19.1 Å². The van der Waals surface area contributed by atoms with Crippen molar-refractivity contribution in [2.75, 3.05) is 18.5 Å². The third-order valence-electron chi connectivity index (χ3n) is 4.53. The van der Waals surface area contributed by atoms with Gasteiger partial charge in [-0.05, 0) is 68.3 Å². The lowest BCUT2D eigenvalue weighted by Gasteiger charge is -2.08. The van der Waals surface area contributed by atoms with Crippen molar-refractivity contribution in [2.24, 2.45) is 0 Å². The van der Waals surface area contributed by atoms with Gasteiger partial charge in [-0.25, -0.2) is 4.79 Å². The number of anilines is 1. The average Bonchev–Trinajstić information content (AvgIpc) is 2.78. The molecule has 0 unspecified atom stereocenters. The molecule has 0 aliphatic carbocycles. The van der Waals surface area contributed by atoms with E-state index in [4.69, 9.17) is 14.7 Å². The highest BCUT2D eigenvalue weighted by Crippen LogP contribution is 2.15. The van der Waals surface area contributed by atoms with Gasteiger partial charge in [0.15, 0.2) is 0 Å². The molecule has 0 fully saturated rings. The van der Waals surface area contributed by atoms with E-state index >= 15 is 0 Å². The minimum Gasteiger partial charge on any atom is -0.494 e. The fraction of sp³-hybridized carbons (Fsp3) is 0.320. The zero-order valence-electron chi connectivity index (χ0n) is 17.9. The smallest absolute Gasteiger partial charge is 0.333 e. The number of ether oxygens (including phenoxy) is 2. The summed E-state index contributed by atoms with van der Waals surface area (Å²) >= 11 is 0. The van der Waals surface area contributed by atoms with Crippen LogP contribution in [0, 0.1) is 11.3 Å². The average molecular weight is 421 g/mol. The maximum atomic E-state index is 12.3. The molecule has 1 N–H and O–H groups in total. The third kappa shape index (κ3) is 8.75. The molecule has 162 valence electrons. The Kier molecular flexibility index (Phi) is 9.83. The fourth-order valence-electron chi connectivity index (χ4n) is 2.75. The molecule has 2 aromatic rings. The maximum Gasteiger partial charge on any atom is 0.333 e. The second kappa shape index (κ2) is 12.9. The second-order valence-corrected chi connectivity index (χ2v) is 7.20. The molecule has 1 amide bonds. The zero-order chi connectivity index (χ0) is 22.5. The monoisotopic (exact) mass is 420 g/mol. The van der Waals surface area contributed by atoms with Crippen LogP contribution in [-0.2, 0) is 9.53 Å². The Morgan fingerprint density at radius 3 is 2.16 bits per heavy atom. The van der Waals surface area contributed by atoms with Crippen molar-refractivity contribution >= 4 is 17.6 Å². The van der Waals surface area contributed by atoms with Crippen molar-refractivity contribution in [3.05, 3.63) is 71.8 Å². The molecule has 0 aliphatic heterocycles. The van der Waals surface area contributed by atoms with Crippen LogP contribution >= 0.6 is 0 Å². The van der Waals surface area contributed by atoms with E-state index in [1.54, 1.807) is 55.5 Å². The lowest BCUT2D eigenvalue weighted by Crippen LogP contribution is -2.11. The van der Waals surface area contributed by atoms with Gasteiger partial charge in [0.25, 0.3) is 5.91 Å². The maximum absolute atomic E-state index is 12.3. The summed E-state index contributed by atoms with van der Waals surface area (Å²) in [6.45, 7) is 6.24. The summed E-state index contributed by atoms with van der Waals surface area (Å²) in [5.41, 5.74) is 2.14. The van der Waals surface area contributed by atoms with Crippen LogP contribution in [0.5, 0.6) is 5.75 Å². The molecule has 0 atom stereocenters. The Morgan fingerprint density at radius 2 is 1.55 bits per heavy atom. The largest absolute Gasteiger partial charge is 0.494 e. The molecule has 0 aromatic heterocycles. The second-order valence-electron chi connectivity index (χ2n) is 7.20. The molecule has 0 heterocycles. The molecule has 0 aliphatic rings. The van der Waals surface area contributed by atoms with Crippen LogP contribution in [0.25, 0.3) is 0 Å². The molecule has 2 rings (SSSR count). The first-order valence-corrected chi connectivity index (χ1v) is 10.4. The van der Waals surface area contributed by atoms with Crippen LogP contribution in [0.4, 0.5) is 5.69 Å². The summed E-state index contributed by atoms with van der Waals surface area (Å²) in [7, 11) is 0. The quantitative estimate of drug-likeness (QED) is 0.287. The van der Waals surface area contributed by atoms with Gasteiger partial charge in [-0.3, -0.25) is 4.79 Å². The molecule has 6 nitrogen and oxygen atoms in total. The van der Waals surface area contributed by atoms with E-state index in [0.29, 0.717) is 35.6 Å². The Morgan fingerprint density at radius 1 is 0.935 bits per heavy atom. The van der Waals surface area contributed by atoms with Gasteiger partial charge in [0.1, 0.15) is 5.75 Å². The number of hydrogen-bond donors (Lipinski definition) is 1. The summed E-state index contributed by atoms with van der Waals surface area (Å²) < 4.78 is 10.8. The van der Waals surface area contributed by atoms with E-state index in [-0.39, 0.29) is 11.9 Å². The number of carbonyl (C=O) groups excluding carboxylic acids is 2. The Hall–Kier alpha value is -3.59. The highest BCUT2D eigenvalue weighted by molar-refractivity contribution is 6.04. The first kappa shape index (κ1) is 23.7. The van der Waals surface area contributed by atoms with Crippen LogP contribution in [0.3, 0.4) is 0 Å². The molecule has 0 spiro atoms. The van der Waals surface area contributed by atoms with E-state index in [0.717, 1.165) is 37.9 Å². The van der Waals surface area contributed by atoms with E-state index in [1.165, 1.54) is 0 Å². The van der Waals surface area contributed by atoms with Crippen LogP contribution in [0.2, 0.25) is 0 Å². The van der Waals surface area contributed by atoms with Crippen LogP contribution in [-0.4, -0.2) is 25.1 Å². The SMILES string of the molecule is C=C(C)C(=O)OCCCCCCCOc1ccc(C(=O)Nc2ccc(C#N)cc2)cc1. The highest BCUT2D eigenvalue weighted by Gasteiger charge is 2.07. The van der Waals surface area contributed by atoms with Gasteiger partial charge < -0.3 is 14.8 Å². The Labute approximate surface area is 183 Å². The number of nitriles is 1. The number of rotatable bonds is 12. The number of esters is 1. The van der Waals surface area contributed by atoms with Crippen molar-refractivity contribution in [1.82, 2.24) is 0 Å². The first-order chi connectivity index (χ1) is 15.0. The van der Waals surface area contributed by atoms with Crippen molar-refractivity contribution in [3.8, 4) is 11.8 Å². The predicted octanol–water partition coefficient (Wildman–Crippen LogP) is 5.26. The number of nitrogens with one attached hydrogen (secondary N) is 1. The van der Waals surface area contributed by atoms with Gasteiger partial charge in [-0.15, -0.1) is 0 Å². The van der Waals surface area contributed by atoms with E-state index in [2.05, 4.69) is 11.9 Å². The summed E-state index contributed by atoms with van der Waals surface area (Å²) in [5, 5.41) is 11.6. The van der Waals surface area contributed by atoms with Crippen molar-refractivity contribution in [3.63, 3.8) is 0 Å². The highest BCUT2D eigenvalue weighted by atomic mass is 16.5. The molecular weight excluding hydrogens is 392 g/mol. The molecule has 31 heavy (non-hydrogen) atoms. The Balaban J connectivity index is 1.60. The minimum atomic E-state index is -0.328. The number of nitrogens with zero attached hydrogens (tertiary/aromatic N) is 1. The fourth-order valence-corrected chi connectivity index (χ4v) is 2.75.